The van der Waals surface area contributed by atoms with Crippen molar-refractivity contribution in [2.24, 2.45) is 0 Å². The van der Waals surface area contributed by atoms with E-state index in [1.54, 1.807) is 6.07 Å². The van der Waals surface area contributed by atoms with E-state index >= 15 is 0 Å². The number of fused-ring (bicyclic) bond motifs is 1. The molecule has 1 aliphatic heterocycles. The minimum atomic E-state index is -0.257. The van der Waals surface area contributed by atoms with Gasteiger partial charge in [0.1, 0.15) is 5.82 Å². The molecule has 2 nitrogen and oxygen atoms in total. The smallest absolute Gasteiger partial charge is 0.264 e. The van der Waals surface area contributed by atoms with Crippen LogP contribution in [0, 0.1) is 5.82 Å². The lowest BCUT2D eigenvalue weighted by Crippen LogP contribution is -2.35. The number of nitrogens with zero attached hydrogens (tertiary/aromatic N) is 1. The van der Waals surface area contributed by atoms with Crippen molar-refractivity contribution in [2.45, 2.75) is 18.9 Å². The van der Waals surface area contributed by atoms with Gasteiger partial charge in [0.2, 0.25) is 0 Å². The van der Waals surface area contributed by atoms with Crippen LogP contribution < -0.4 is 0 Å². The summed E-state index contributed by atoms with van der Waals surface area (Å²) in [5, 5.41) is 1.75. The molecule has 1 unspecified atom stereocenters. The lowest BCUT2D eigenvalue weighted by Gasteiger charge is -2.22. The molecule has 1 aromatic heterocycles. The number of carbonyl (C=O) groups excluding carboxylic acids is 1. The molecule has 1 aromatic carbocycles. The predicted octanol–water partition coefficient (Wildman–Crippen LogP) is 4.04. The number of halogens is 2. The third-order valence-corrected chi connectivity index (χ3v) is 5.34. The van der Waals surface area contributed by atoms with Crippen LogP contribution in [0.1, 0.15) is 22.5 Å². The summed E-state index contributed by atoms with van der Waals surface area (Å²) < 4.78 is 14.0. The Hall–Kier alpha value is -0.940. The fraction of sp³-hybridized carbons (Fsp3) is 0.357. The zero-order chi connectivity index (χ0) is 13.4. The van der Waals surface area contributed by atoms with E-state index in [4.69, 9.17) is 0 Å². The second-order valence-corrected chi connectivity index (χ2v) is 6.47. The molecule has 0 aliphatic carbocycles. The fourth-order valence-corrected chi connectivity index (χ4v) is 4.23. The Balaban J connectivity index is 1.93. The predicted molar refractivity (Wildman–Crippen MR) is 79.6 cm³/mol. The van der Waals surface area contributed by atoms with Gasteiger partial charge in [-0.2, -0.15) is 0 Å². The molecule has 5 heteroatoms. The van der Waals surface area contributed by atoms with Gasteiger partial charge in [0.25, 0.3) is 5.91 Å². The van der Waals surface area contributed by atoms with E-state index in [0.29, 0.717) is 4.88 Å². The number of hydrogen-bond donors (Lipinski definition) is 0. The molecule has 1 saturated heterocycles. The van der Waals surface area contributed by atoms with Gasteiger partial charge in [0.15, 0.2) is 0 Å². The first-order valence-corrected chi connectivity index (χ1v) is 8.19. The Kier molecular flexibility index (Phi) is 3.58. The van der Waals surface area contributed by atoms with E-state index in [2.05, 4.69) is 15.9 Å². The number of carbonyl (C=O) groups is 1. The van der Waals surface area contributed by atoms with Gasteiger partial charge >= 0.3 is 0 Å². The van der Waals surface area contributed by atoms with Crippen molar-refractivity contribution in [3.05, 3.63) is 35.0 Å². The molecule has 1 atom stereocenters. The summed E-state index contributed by atoms with van der Waals surface area (Å²) in [5.41, 5.74) is 0. The first-order valence-electron chi connectivity index (χ1n) is 6.25. The summed E-state index contributed by atoms with van der Waals surface area (Å²) in [6.07, 6.45) is 2.11. The lowest BCUT2D eigenvalue weighted by molar-refractivity contribution is 0.0755. The quantitative estimate of drug-likeness (QED) is 0.755. The van der Waals surface area contributed by atoms with Crippen molar-refractivity contribution < 1.29 is 9.18 Å². The number of rotatable bonds is 2. The SMILES string of the molecule is O=C(c1cc2ccc(F)cc2s1)N1CCCC1CBr. The maximum Gasteiger partial charge on any atom is 0.264 e. The largest absolute Gasteiger partial charge is 0.334 e. The van der Waals surface area contributed by atoms with Crippen LogP contribution >= 0.6 is 27.3 Å². The van der Waals surface area contributed by atoms with Gasteiger partial charge in [-0.05, 0) is 36.4 Å². The van der Waals surface area contributed by atoms with Gasteiger partial charge in [0.05, 0.1) is 4.88 Å². The standard InChI is InChI=1S/C14H13BrFNOS/c15-8-11-2-1-5-17(11)14(18)13-6-9-3-4-10(16)7-12(9)19-13/h3-4,6-7,11H,1-2,5,8H2. The molecule has 1 aliphatic rings. The molecule has 1 amide bonds. The highest BCUT2D eigenvalue weighted by molar-refractivity contribution is 9.09. The molecule has 2 aromatic rings. The molecular formula is C14H13BrFNOS. The number of amides is 1. The van der Waals surface area contributed by atoms with Crippen LogP contribution in [0.25, 0.3) is 10.1 Å². The minimum Gasteiger partial charge on any atom is -0.334 e. The maximum absolute atomic E-state index is 13.2. The number of benzene rings is 1. The van der Waals surface area contributed by atoms with E-state index in [9.17, 15) is 9.18 Å². The second kappa shape index (κ2) is 5.21. The molecule has 1 fully saturated rings. The Labute approximate surface area is 123 Å². The molecule has 100 valence electrons. The van der Waals surface area contributed by atoms with Crippen LogP contribution in [0.4, 0.5) is 4.39 Å². The highest BCUT2D eigenvalue weighted by Crippen LogP contribution is 2.29. The van der Waals surface area contributed by atoms with Gasteiger partial charge < -0.3 is 4.90 Å². The molecule has 0 bridgehead atoms. The highest BCUT2D eigenvalue weighted by Gasteiger charge is 2.29. The monoisotopic (exact) mass is 341 g/mol. The highest BCUT2D eigenvalue weighted by atomic mass is 79.9. The molecule has 0 saturated carbocycles. The zero-order valence-corrected chi connectivity index (χ0v) is 12.6. The average Bonchev–Trinajstić information content (AvgIpc) is 3.03. The van der Waals surface area contributed by atoms with Crippen LogP contribution in [-0.4, -0.2) is 28.7 Å². The molecule has 0 N–H and O–H groups in total. The van der Waals surface area contributed by atoms with Gasteiger partial charge in [-0.1, -0.05) is 22.0 Å². The van der Waals surface area contributed by atoms with Gasteiger partial charge in [0, 0.05) is 22.6 Å². The van der Waals surface area contributed by atoms with Crippen molar-refractivity contribution in [2.75, 3.05) is 11.9 Å². The minimum absolute atomic E-state index is 0.0727. The van der Waals surface area contributed by atoms with Crippen molar-refractivity contribution in [3.8, 4) is 0 Å². The van der Waals surface area contributed by atoms with E-state index in [-0.39, 0.29) is 17.8 Å². The van der Waals surface area contributed by atoms with Crippen LogP contribution in [-0.2, 0) is 0 Å². The molecular weight excluding hydrogens is 329 g/mol. The molecule has 0 radical (unpaired) electrons. The topological polar surface area (TPSA) is 20.3 Å². The Morgan fingerprint density at radius 2 is 2.32 bits per heavy atom. The molecule has 3 rings (SSSR count). The van der Waals surface area contributed by atoms with Gasteiger partial charge in [-0.25, -0.2) is 4.39 Å². The second-order valence-electron chi connectivity index (χ2n) is 4.74. The number of alkyl halides is 1. The molecule has 0 spiro atoms. The van der Waals surface area contributed by atoms with E-state index in [1.165, 1.54) is 23.5 Å². The van der Waals surface area contributed by atoms with Crippen LogP contribution in [0.15, 0.2) is 24.3 Å². The third-order valence-electron chi connectivity index (χ3n) is 3.51. The summed E-state index contributed by atoms with van der Waals surface area (Å²) >= 11 is 4.83. The van der Waals surface area contributed by atoms with Crippen LogP contribution in [0.3, 0.4) is 0 Å². The van der Waals surface area contributed by atoms with Crippen molar-refractivity contribution in [3.63, 3.8) is 0 Å². The Bertz CT molecular complexity index is 627. The first-order chi connectivity index (χ1) is 9.19. The number of thiophene rings is 1. The number of hydrogen-bond acceptors (Lipinski definition) is 2. The normalized spacial score (nSPS) is 19.3. The van der Waals surface area contributed by atoms with Crippen molar-refractivity contribution in [1.29, 1.82) is 0 Å². The van der Waals surface area contributed by atoms with Gasteiger partial charge in [-0.3, -0.25) is 4.79 Å². The van der Waals surface area contributed by atoms with Crippen LogP contribution in [0.2, 0.25) is 0 Å². The maximum atomic E-state index is 13.2. The van der Waals surface area contributed by atoms with Crippen LogP contribution in [0.5, 0.6) is 0 Å². The lowest BCUT2D eigenvalue weighted by atomic mass is 10.2. The summed E-state index contributed by atoms with van der Waals surface area (Å²) in [4.78, 5) is 15.1. The van der Waals surface area contributed by atoms with Crippen molar-refractivity contribution >= 4 is 43.3 Å². The first kappa shape index (κ1) is 13.1. The zero-order valence-electron chi connectivity index (χ0n) is 10.2. The average molecular weight is 342 g/mol. The Morgan fingerprint density at radius 3 is 3.11 bits per heavy atom. The third kappa shape index (κ3) is 2.41. The Morgan fingerprint density at radius 1 is 1.47 bits per heavy atom. The molecule has 2 heterocycles. The summed E-state index contributed by atoms with van der Waals surface area (Å²) in [6.45, 7) is 0.817. The van der Waals surface area contributed by atoms with E-state index in [1.807, 2.05) is 11.0 Å². The van der Waals surface area contributed by atoms with E-state index in [0.717, 1.165) is 34.8 Å². The summed E-state index contributed by atoms with van der Waals surface area (Å²) in [7, 11) is 0. The van der Waals surface area contributed by atoms with Crippen molar-refractivity contribution in [1.82, 2.24) is 4.90 Å². The summed E-state index contributed by atoms with van der Waals surface area (Å²) in [6, 6.07) is 6.80. The van der Waals surface area contributed by atoms with E-state index < -0.39 is 0 Å². The molecule has 19 heavy (non-hydrogen) atoms. The fourth-order valence-electron chi connectivity index (χ4n) is 2.52. The number of likely N-dealkylation sites (tertiary alicyclic amines) is 1. The van der Waals surface area contributed by atoms with Gasteiger partial charge in [-0.15, -0.1) is 11.3 Å². The summed E-state index contributed by atoms with van der Waals surface area (Å²) in [5.74, 6) is -0.184.